The minimum absolute atomic E-state index is 0.00461. The second kappa shape index (κ2) is 5.23. The number of benzene rings is 1. The van der Waals surface area contributed by atoms with E-state index in [1.54, 1.807) is 0 Å². The Morgan fingerprint density at radius 1 is 1.35 bits per heavy atom. The first-order valence-corrected chi connectivity index (χ1v) is 5.33. The Hall–Kier alpha value is -1.49. The van der Waals surface area contributed by atoms with Crippen molar-refractivity contribution in [2.24, 2.45) is 0 Å². The molecule has 1 unspecified atom stereocenters. The van der Waals surface area contributed by atoms with Gasteiger partial charge in [-0.2, -0.15) is 0 Å². The van der Waals surface area contributed by atoms with Crippen molar-refractivity contribution in [2.45, 2.75) is 19.0 Å². The molecule has 1 heterocycles. The summed E-state index contributed by atoms with van der Waals surface area (Å²) in [7, 11) is 0. The topological polar surface area (TPSA) is 35.5 Å². The van der Waals surface area contributed by atoms with E-state index in [1.165, 1.54) is 24.3 Å². The summed E-state index contributed by atoms with van der Waals surface area (Å²) in [4.78, 5) is 11.0. The number of ether oxygens (including phenoxy) is 2. The molecule has 1 aliphatic heterocycles. The lowest BCUT2D eigenvalue weighted by Gasteiger charge is -2.11. The zero-order valence-corrected chi connectivity index (χ0v) is 9.07. The van der Waals surface area contributed by atoms with Gasteiger partial charge in [-0.1, -0.05) is 0 Å². The maximum atomic E-state index is 12.1. The fourth-order valence-corrected chi connectivity index (χ4v) is 1.62. The lowest BCUT2D eigenvalue weighted by Crippen LogP contribution is -2.16. The van der Waals surface area contributed by atoms with Gasteiger partial charge in [0.25, 0.3) is 0 Å². The monoisotopic (exact) mass is 242 g/mol. The first-order chi connectivity index (χ1) is 8.16. The molecular formula is C12H12F2O3. The summed E-state index contributed by atoms with van der Waals surface area (Å²) in [5, 5.41) is 0. The third-order valence-corrected chi connectivity index (χ3v) is 2.53. The highest BCUT2D eigenvalue weighted by Gasteiger charge is 2.19. The van der Waals surface area contributed by atoms with Crippen LogP contribution in [-0.4, -0.2) is 31.5 Å². The molecule has 0 aromatic heterocycles. The van der Waals surface area contributed by atoms with E-state index in [1.807, 2.05) is 0 Å². The molecule has 17 heavy (non-hydrogen) atoms. The van der Waals surface area contributed by atoms with Crippen molar-refractivity contribution in [1.29, 1.82) is 0 Å². The summed E-state index contributed by atoms with van der Waals surface area (Å²) in [5.74, 6) is -0.605. The predicted molar refractivity (Wildman–Crippen MR) is 56.6 cm³/mol. The second-order valence-electron chi connectivity index (χ2n) is 3.79. The fourth-order valence-electron chi connectivity index (χ4n) is 1.62. The van der Waals surface area contributed by atoms with Crippen LogP contribution in [0.4, 0.5) is 8.78 Å². The molecule has 0 spiro atoms. The average molecular weight is 242 g/mol. The number of hydrogen-bond donors (Lipinski definition) is 0. The van der Waals surface area contributed by atoms with Gasteiger partial charge in [0.05, 0.1) is 13.2 Å². The molecule has 1 atom stereocenters. The van der Waals surface area contributed by atoms with Crippen LogP contribution in [0.2, 0.25) is 0 Å². The maximum Gasteiger partial charge on any atom is 0.300 e. The molecule has 1 aliphatic rings. The van der Waals surface area contributed by atoms with E-state index in [-0.39, 0.29) is 11.7 Å². The number of carbonyl (C=O) groups is 1. The molecular weight excluding hydrogens is 230 g/mol. The maximum absolute atomic E-state index is 12.1. The smallest absolute Gasteiger partial charge is 0.300 e. The van der Waals surface area contributed by atoms with Crippen LogP contribution >= 0.6 is 0 Å². The lowest BCUT2D eigenvalue weighted by molar-refractivity contribution is 0.0678. The number of rotatable bonds is 4. The normalized spacial score (nSPS) is 19.6. The van der Waals surface area contributed by atoms with E-state index >= 15 is 0 Å². The van der Waals surface area contributed by atoms with Crippen molar-refractivity contribution >= 4 is 5.78 Å². The van der Waals surface area contributed by atoms with Crippen LogP contribution in [0.15, 0.2) is 24.3 Å². The van der Waals surface area contributed by atoms with Crippen molar-refractivity contribution in [3.8, 4) is 5.75 Å². The predicted octanol–water partition coefficient (Wildman–Crippen LogP) is 2.30. The first kappa shape index (κ1) is 12.0. The van der Waals surface area contributed by atoms with Crippen LogP contribution < -0.4 is 4.74 Å². The van der Waals surface area contributed by atoms with E-state index < -0.39 is 12.2 Å². The number of carbonyl (C=O) groups excluding carboxylic acids is 1. The average Bonchev–Trinajstić information content (AvgIpc) is 2.82. The Morgan fingerprint density at radius 2 is 2.06 bits per heavy atom. The molecule has 0 radical (unpaired) electrons. The van der Waals surface area contributed by atoms with Gasteiger partial charge in [-0.15, -0.1) is 0 Å². The number of halogens is 2. The number of ketones is 1. The Labute approximate surface area is 97.3 Å². The van der Waals surface area contributed by atoms with Crippen LogP contribution in [0.5, 0.6) is 5.75 Å². The van der Waals surface area contributed by atoms with Gasteiger partial charge < -0.3 is 9.47 Å². The summed E-state index contributed by atoms with van der Waals surface area (Å²) in [6, 6.07) is 5.74. The molecule has 1 aromatic carbocycles. The molecule has 1 aromatic rings. The van der Waals surface area contributed by atoms with Gasteiger partial charge in [-0.25, -0.2) is 8.78 Å². The molecule has 3 nitrogen and oxygen atoms in total. The van der Waals surface area contributed by atoms with Crippen molar-refractivity contribution in [1.82, 2.24) is 0 Å². The van der Waals surface area contributed by atoms with E-state index in [0.29, 0.717) is 19.0 Å². The van der Waals surface area contributed by atoms with Gasteiger partial charge in [-0.05, 0) is 24.3 Å². The van der Waals surface area contributed by atoms with Gasteiger partial charge in [0, 0.05) is 12.0 Å². The van der Waals surface area contributed by atoms with Gasteiger partial charge >= 0.3 is 6.43 Å². The summed E-state index contributed by atoms with van der Waals surface area (Å²) >= 11 is 0. The number of alkyl halides is 2. The molecule has 2 rings (SSSR count). The van der Waals surface area contributed by atoms with Gasteiger partial charge in [0.15, 0.2) is 0 Å². The van der Waals surface area contributed by atoms with Crippen molar-refractivity contribution in [3.05, 3.63) is 29.8 Å². The Bertz CT molecular complexity index is 383. The minimum Gasteiger partial charge on any atom is -0.488 e. The van der Waals surface area contributed by atoms with E-state index in [2.05, 4.69) is 0 Å². The molecule has 1 fully saturated rings. The third kappa shape index (κ3) is 3.00. The quantitative estimate of drug-likeness (QED) is 0.760. The molecule has 0 amide bonds. The summed E-state index contributed by atoms with van der Waals surface area (Å²) < 4.78 is 35.0. The van der Waals surface area contributed by atoms with Crippen LogP contribution in [0.1, 0.15) is 16.8 Å². The number of hydrogen-bond acceptors (Lipinski definition) is 3. The van der Waals surface area contributed by atoms with Crippen molar-refractivity contribution in [2.75, 3.05) is 13.2 Å². The molecule has 0 bridgehead atoms. The third-order valence-electron chi connectivity index (χ3n) is 2.53. The van der Waals surface area contributed by atoms with E-state index in [9.17, 15) is 13.6 Å². The van der Waals surface area contributed by atoms with Crippen LogP contribution in [0.25, 0.3) is 0 Å². The van der Waals surface area contributed by atoms with Crippen LogP contribution in [-0.2, 0) is 4.74 Å². The van der Waals surface area contributed by atoms with Gasteiger partial charge in [-0.3, -0.25) is 4.79 Å². The summed E-state index contributed by atoms with van der Waals surface area (Å²) in [6.45, 7) is 1.21. The van der Waals surface area contributed by atoms with Crippen molar-refractivity contribution < 1.29 is 23.0 Å². The summed E-state index contributed by atoms with van der Waals surface area (Å²) in [5.41, 5.74) is -0.00461. The molecule has 0 N–H and O–H groups in total. The molecule has 5 heteroatoms. The lowest BCUT2D eigenvalue weighted by atomic mass is 10.1. The van der Waals surface area contributed by atoms with Crippen molar-refractivity contribution in [3.63, 3.8) is 0 Å². The van der Waals surface area contributed by atoms with Gasteiger partial charge in [0.1, 0.15) is 11.9 Å². The van der Waals surface area contributed by atoms with Gasteiger partial charge in [0.2, 0.25) is 5.78 Å². The molecule has 0 aliphatic carbocycles. The summed E-state index contributed by atoms with van der Waals surface area (Å²) in [6.07, 6.45) is -2.14. The zero-order chi connectivity index (χ0) is 12.3. The Kier molecular flexibility index (Phi) is 3.68. The van der Waals surface area contributed by atoms with E-state index in [4.69, 9.17) is 9.47 Å². The Balaban J connectivity index is 1.99. The highest BCUT2D eigenvalue weighted by Crippen LogP contribution is 2.18. The second-order valence-corrected chi connectivity index (χ2v) is 3.79. The Morgan fingerprint density at radius 3 is 2.59 bits per heavy atom. The molecule has 92 valence electrons. The minimum atomic E-state index is -2.97. The zero-order valence-electron chi connectivity index (χ0n) is 9.07. The highest BCUT2D eigenvalue weighted by atomic mass is 19.3. The largest absolute Gasteiger partial charge is 0.488 e. The standard InChI is InChI=1S/C12H12F2O3/c13-12(14)11(15)8-1-3-9(4-2-8)17-10-5-6-16-7-10/h1-4,10,12H,5-7H2. The van der Waals surface area contributed by atoms with E-state index in [0.717, 1.165) is 6.42 Å². The number of Topliss-reactive ketones (excluding diaryl/α,β-unsaturated/α-hetero) is 1. The van der Waals surface area contributed by atoms with Crippen LogP contribution in [0.3, 0.4) is 0 Å². The highest BCUT2D eigenvalue weighted by molar-refractivity contribution is 5.98. The molecule has 1 saturated heterocycles. The fraction of sp³-hybridized carbons (Fsp3) is 0.417. The van der Waals surface area contributed by atoms with Crippen LogP contribution in [0, 0.1) is 0 Å². The SMILES string of the molecule is O=C(c1ccc(OC2CCOC2)cc1)C(F)F. The first-order valence-electron chi connectivity index (χ1n) is 5.33. The molecule has 0 saturated carbocycles.